The lowest BCUT2D eigenvalue weighted by Gasteiger charge is -2.19. The molecular weight excluding hydrogens is 640 g/mol. The van der Waals surface area contributed by atoms with Gasteiger partial charge in [-0.25, -0.2) is 0 Å². The Morgan fingerprint density at radius 1 is 0.800 bits per heavy atom. The second-order valence-corrected chi connectivity index (χ2v) is 11.8. The van der Waals surface area contributed by atoms with E-state index in [0.29, 0.717) is 67.9 Å². The maximum Gasteiger partial charge on any atom is 0.220 e. The number of nitrogen functional groups attached to an aromatic ring is 1. The fourth-order valence-electron chi connectivity index (χ4n) is 4.17. The van der Waals surface area contributed by atoms with E-state index >= 15 is 0 Å². The predicted molar refractivity (Wildman–Crippen MR) is 183 cm³/mol. The number of ether oxygens (including phenoxy) is 2. The molecule has 2 aromatic carbocycles. The SMILES string of the molecule is Cc1nnc(-c2ccc(OCCCNC(=O)CCC(C)(C#N)N=NC(C)(C#N)CCC(=O)NCCCOc3ccc(C(=N)N)cc3)cc2)nn1. The fourth-order valence-corrected chi connectivity index (χ4v) is 4.17. The van der Waals surface area contributed by atoms with Gasteiger partial charge in [-0.1, -0.05) is 0 Å². The Hall–Kier alpha value is -6.03. The average molecular weight is 683 g/mol. The molecule has 0 bridgehead atoms. The molecule has 2 amide bonds. The third-order valence-electron chi connectivity index (χ3n) is 7.33. The minimum atomic E-state index is -1.32. The number of rotatable bonds is 20. The van der Waals surface area contributed by atoms with Crippen LogP contribution in [0.3, 0.4) is 0 Å². The summed E-state index contributed by atoms with van der Waals surface area (Å²) in [7, 11) is 0. The first-order chi connectivity index (χ1) is 23.9. The first-order valence-corrected chi connectivity index (χ1v) is 16.1. The Kier molecular flexibility index (Phi) is 14.7. The topological polar surface area (TPSA) is 250 Å². The van der Waals surface area contributed by atoms with E-state index in [1.54, 1.807) is 57.2 Å². The molecular formula is C34H42N12O4. The van der Waals surface area contributed by atoms with Crippen molar-refractivity contribution in [1.82, 2.24) is 31.0 Å². The molecule has 3 rings (SSSR count). The van der Waals surface area contributed by atoms with Crippen LogP contribution in [0.2, 0.25) is 0 Å². The van der Waals surface area contributed by atoms with Crippen molar-refractivity contribution in [3.8, 4) is 35.0 Å². The summed E-state index contributed by atoms with van der Waals surface area (Å²) in [6.45, 7) is 6.32. The smallest absolute Gasteiger partial charge is 0.220 e. The molecule has 0 saturated carbocycles. The second-order valence-electron chi connectivity index (χ2n) is 11.8. The van der Waals surface area contributed by atoms with Crippen LogP contribution in [0.4, 0.5) is 0 Å². The standard InChI is InChI=1S/C34H42N12O4/c1-24-41-43-32(44-42-24)26-8-12-28(13-9-26)50-21-5-19-40-30(48)15-17-34(3,23-36)46-45-33(2,22-35)16-14-29(47)39-18-4-20-49-27-10-6-25(7-11-27)31(37)38/h6-13H,4-5,14-21H2,1-3H3,(H3,37,38)(H,39,47)(H,40,48). The number of nitrogens with two attached hydrogens (primary N) is 1. The van der Waals surface area contributed by atoms with Crippen molar-refractivity contribution in [1.29, 1.82) is 15.9 Å². The number of carbonyl (C=O) groups excluding carboxylic acids is 2. The lowest BCUT2D eigenvalue weighted by molar-refractivity contribution is -0.122. The monoisotopic (exact) mass is 682 g/mol. The van der Waals surface area contributed by atoms with E-state index in [1.807, 2.05) is 12.1 Å². The quantitative estimate of drug-likeness (QED) is 0.0580. The number of nitriles is 2. The number of benzene rings is 2. The predicted octanol–water partition coefficient (Wildman–Crippen LogP) is 3.57. The van der Waals surface area contributed by atoms with Crippen molar-refractivity contribution >= 4 is 17.6 Å². The summed E-state index contributed by atoms with van der Waals surface area (Å²) in [5, 5.41) is 56.6. The molecule has 0 aliphatic heterocycles. The Balaban J connectivity index is 1.31. The molecule has 1 aromatic heterocycles. The lowest BCUT2D eigenvalue weighted by atomic mass is 9.97. The van der Waals surface area contributed by atoms with Crippen molar-refractivity contribution in [2.75, 3.05) is 26.3 Å². The Morgan fingerprint density at radius 2 is 1.24 bits per heavy atom. The zero-order chi connectivity index (χ0) is 36.4. The van der Waals surface area contributed by atoms with Gasteiger partial charge in [0.1, 0.15) is 17.3 Å². The largest absolute Gasteiger partial charge is 0.494 e. The van der Waals surface area contributed by atoms with Crippen LogP contribution in [-0.4, -0.2) is 75.4 Å². The third-order valence-corrected chi connectivity index (χ3v) is 7.33. The summed E-state index contributed by atoms with van der Waals surface area (Å²) >= 11 is 0. The van der Waals surface area contributed by atoms with Crippen molar-refractivity contribution in [2.45, 2.75) is 70.4 Å². The van der Waals surface area contributed by atoms with Gasteiger partial charge in [0.25, 0.3) is 0 Å². The van der Waals surface area contributed by atoms with Crippen molar-refractivity contribution < 1.29 is 19.1 Å². The third kappa shape index (κ3) is 13.2. The molecule has 3 aromatic rings. The summed E-state index contributed by atoms with van der Waals surface area (Å²) in [6.07, 6.45) is 1.40. The number of nitrogens with one attached hydrogen (secondary N) is 3. The van der Waals surface area contributed by atoms with Crippen LogP contribution in [0.1, 0.15) is 63.8 Å². The zero-order valence-corrected chi connectivity index (χ0v) is 28.5. The van der Waals surface area contributed by atoms with Gasteiger partial charge in [0.2, 0.25) is 17.6 Å². The molecule has 262 valence electrons. The van der Waals surface area contributed by atoms with E-state index in [-0.39, 0.29) is 43.3 Å². The molecule has 0 aliphatic carbocycles. The van der Waals surface area contributed by atoms with E-state index in [9.17, 15) is 20.1 Å². The van der Waals surface area contributed by atoms with Gasteiger partial charge in [0, 0.05) is 37.1 Å². The minimum Gasteiger partial charge on any atom is -0.494 e. The minimum absolute atomic E-state index is 0.0195. The van der Waals surface area contributed by atoms with Gasteiger partial charge in [-0.3, -0.25) is 15.0 Å². The van der Waals surface area contributed by atoms with Crippen LogP contribution in [-0.2, 0) is 9.59 Å². The maximum absolute atomic E-state index is 12.4. The van der Waals surface area contributed by atoms with Crippen LogP contribution >= 0.6 is 0 Å². The van der Waals surface area contributed by atoms with E-state index in [2.05, 4.69) is 53.4 Å². The number of aromatic nitrogens is 4. The van der Waals surface area contributed by atoms with Crippen molar-refractivity contribution in [3.05, 3.63) is 59.9 Å². The van der Waals surface area contributed by atoms with Crippen LogP contribution in [0.15, 0.2) is 58.8 Å². The average Bonchev–Trinajstić information content (AvgIpc) is 3.13. The van der Waals surface area contributed by atoms with Crippen LogP contribution in [0, 0.1) is 35.0 Å². The highest BCUT2D eigenvalue weighted by Gasteiger charge is 2.29. The van der Waals surface area contributed by atoms with Crippen molar-refractivity contribution in [3.63, 3.8) is 0 Å². The molecule has 2 unspecified atom stereocenters. The molecule has 2 atom stereocenters. The lowest BCUT2D eigenvalue weighted by Crippen LogP contribution is -2.30. The highest BCUT2D eigenvalue weighted by molar-refractivity contribution is 5.94. The number of hydrogen-bond donors (Lipinski definition) is 4. The highest BCUT2D eigenvalue weighted by Crippen LogP contribution is 2.24. The van der Waals surface area contributed by atoms with E-state index < -0.39 is 11.1 Å². The number of azo groups is 1. The van der Waals surface area contributed by atoms with E-state index in [0.717, 1.165) is 5.56 Å². The summed E-state index contributed by atoms with van der Waals surface area (Å²) in [4.78, 5) is 24.8. The first-order valence-electron chi connectivity index (χ1n) is 16.1. The molecule has 0 saturated heterocycles. The van der Waals surface area contributed by atoms with Crippen LogP contribution in [0.25, 0.3) is 11.4 Å². The fraction of sp³-hybridized carbons (Fsp3) is 0.441. The number of amides is 2. The molecule has 16 nitrogen and oxygen atoms in total. The number of aryl methyl sites for hydroxylation is 1. The number of amidine groups is 1. The van der Waals surface area contributed by atoms with Gasteiger partial charge >= 0.3 is 0 Å². The number of hydrogen-bond acceptors (Lipinski definition) is 13. The van der Waals surface area contributed by atoms with Gasteiger partial charge in [0.15, 0.2) is 16.9 Å². The molecule has 0 fully saturated rings. The molecule has 0 spiro atoms. The summed E-state index contributed by atoms with van der Waals surface area (Å²) in [5.41, 5.74) is 4.17. The second kappa shape index (κ2) is 19.1. The van der Waals surface area contributed by atoms with Gasteiger partial charge < -0.3 is 25.8 Å². The van der Waals surface area contributed by atoms with E-state index in [1.165, 1.54) is 0 Å². The molecule has 50 heavy (non-hydrogen) atoms. The van der Waals surface area contributed by atoms with Crippen LogP contribution in [0.5, 0.6) is 11.5 Å². The van der Waals surface area contributed by atoms with Gasteiger partial charge in [-0.15, -0.1) is 20.4 Å². The number of carbonyl (C=O) groups is 2. The first kappa shape index (κ1) is 38.4. The molecule has 1 heterocycles. The van der Waals surface area contributed by atoms with Crippen LogP contribution < -0.4 is 25.8 Å². The molecule has 16 heteroatoms. The van der Waals surface area contributed by atoms with Gasteiger partial charge in [-0.2, -0.15) is 20.8 Å². The Labute approximate surface area is 291 Å². The Bertz CT molecular complexity index is 1690. The summed E-state index contributed by atoms with van der Waals surface area (Å²) in [6, 6.07) is 18.2. The zero-order valence-electron chi connectivity index (χ0n) is 28.5. The molecule has 0 radical (unpaired) electrons. The normalized spacial score (nSPS) is 13.2. The highest BCUT2D eigenvalue weighted by atomic mass is 16.5. The Morgan fingerprint density at radius 3 is 1.66 bits per heavy atom. The maximum atomic E-state index is 12.4. The summed E-state index contributed by atoms with van der Waals surface area (Å²) in [5.74, 6) is 1.69. The number of nitrogens with zero attached hydrogens (tertiary/aromatic N) is 8. The summed E-state index contributed by atoms with van der Waals surface area (Å²) < 4.78 is 11.4. The van der Waals surface area contributed by atoms with Crippen molar-refractivity contribution in [2.24, 2.45) is 16.0 Å². The van der Waals surface area contributed by atoms with Gasteiger partial charge in [0.05, 0.1) is 25.4 Å². The van der Waals surface area contributed by atoms with Gasteiger partial charge in [-0.05, 0) is 95.0 Å². The van der Waals surface area contributed by atoms with E-state index in [4.69, 9.17) is 20.6 Å². The molecule has 0 aliphatic rings. The molecule has 5 N–H and O–H groups in total.